The van der Waals surface area contributed by atoms with Crippen molar-refractivity contribution in [3.05, 3.63) is 29.6 Å². The van der Waals surface area contributed by atoms with Gasteiger partial charge in [-0.1, -0.05) is 19.1 Å². The predicted molar refractivity (Wildman–Crippen MR) is 82.3 cm³/mol. The van der Waals surface area contributed by atoms with E-state index < -0.39 is 0 Å². The second-order valence-electron chi connectivity index (χ2n) is 5.73. The first kappa shape index (κ1) is 16.2. The third kappa shape index (κ3) is 3.95. The highest BCUT2D eigenvalue weighted by Crippen LogP contribution is 2.28. The van der Waals surface area contributed by atoms with Crippen LogP contribution in [0.1, 0.15) is 32.3 Å². The largest absolute Gasteiger partial charge is 0.494 e. The van der Waals surface area contributed by atoms with Crippen LogP contribution in [0.3, 0.4) is 0 Å². The van der Waals surface area contributed by atoms with Gasteiger partial charge >= 0.3 is 0 Å². The molecule has 1 aliphatic rings. The SMILES string of the molecule is CCCNC(Cc1cccc(OC)c1F)C1CCOC1C. The van der Waals surface area contributed by atoms with Gasteiger partial charge in [-0.05, 0) is 44.4 Å². The van der Waals surface area contributed by atoms with Gasteiger partial charge in [0.05, 0.1) is 13.2 Å². The van der Waals surface area contributed by atoms with Gasteiger partial charge in [0.2, 0.25) is 0 Å². The van der Waals surface area contributed by atoms with Crippen molar-refractivity contribution in [2.75, 3.05) is 20.3 Å². The fraction of sp³-hybridized carbons (Fsp3) is 0.647. The highest BCUT2D eigenvalue weighted by Gasteiger charge is 2.32. The number of benzene rings is 1. The summed E-state index contributed by atoms with van der Waals surface area (Å²) in [6, 6.07) is 5.60. The van der Waals surface area contributed by atoms with Crippen molar-refractivity contribution < 1.29 is 13.9 Å². The monoisotopic (exact) mass is 295 g/mol. The second kappa shape index (κ2) is 7.76. The Balaban J connectivity index is 2.14. The first-order chi connectivity index (χ1) is 10.2. The van der Waals surface area contributed by atoms with Crippen molar-refractivity contribution in [2.24, 2.45) is 5.92 Å². The molecule has 4 heteroatoms. The molecule has 3 unspecified atom stereocenters. The topological polar surface area (TPSA) is 30.5 Å². The number of rotatable bonds is 7. The van der Waals surface area contributed by atoms with Gasteiger partial charge in [0.25, 0.3) is 0 Å². The molecule has 1 fully saturated rings. The lowest BCUT2D eigenvalue weighted by Crippen LogP contribution is -2.41. The average Bonchev–Trinajstić information content (AvgIpc) is 2.91. The van der Waals surface area contributed by atoms with Gasteiger partial charge in [-0.15, -0.1) is 0 Å². The summed E-state index contributed by atoms with van der Waals surface area (Å²) in [6.07, 6.45) is 3.00. The third-order valence-electron chi connectivity index (χ3n) is 4.31. The lowest BCUT2D eigenvalue weighted by Gasteiger charge is -2.27. The van der Waals surface area contributed by atoms with Crippen LogP contribution in [0.4, 0.5) is 4.39 Å². The Kier molecular flexibility index (Phi) is 6.00. The van der Waals surface area contributed by atoms with Crippen LogP contribution in [0.25, 0.3) is 0 Å². The van der Waals surface area contributed by atoms with E-state index in [2.05, 4.69) is 19.2 Å². The van der Waals surface area contributed by atoms with Crippen molar-refractivity contribution in [2.45, 2.75) is 45.3 Å². The predicted octanol–water partition coefficient (Wildman–Crippen LogP) is 3.17. The molecule has 0 spiro atoms. The molecule has 0 radical (unpaired) electrons. The second-order valence-corrected chi connectivity index (χ2v) is 5.73. The van der Waals surface area contributed by atoms with Gasteiger partial charge in [0.15, 0.2) is 11.6 Å². The molecule has 1 aromatic rings. The first-order valence-corrected chi connectivity index (χ1v) is 7.83. The maximum atomic E-state index is 14.4. The molecule has 0 saturated carbocycles. The van der Waals surface area contributed by atoms with Crippen molar-refractivity contribution in [1.29, 1.82) is 0 Å². The summed E-state index contributed by atoms with van der Waals surface area (Å²) in [5.41, 5.74) is 0.710. The minimum absolute atomic E-state index is 0.230. The van der Waals surface area contributed by atoms with Crippen molar-refractivity contribution in [3.8, 4) is 5.75 Å². The first-order valence-electron chi connectivity index (χ1n) is 7.83. The molecule has 1 heterocycles. The van der Waals surface area contributed by atoms with Gasteiger partial charge in [0, 0.05) is 18.6 Å². The summed E-state index contributed by atoms with van der Waals surface area (Å²) in [6.45, 7) is 6.00. The van der Waals surface area contributed by atoms with Gasteiger partial charge in [0.1, 0.15) is 0 Å². The lowest BCUT2D eigenvalue weighted by atomic mass is 9.88. The van der Waals surface area contributed by atoms with Crippen LogP contribution in [0, 0.1) is 11.7 Å². The molecule has 3 nitrogen and oxygen atoms in total. The van der Waals surface area contributed by atoms with E-state index in [0.29, 0.717) is 23.7 Å². The maximum absolute atomic E-state index is 14.4. The number of halogens is 1. The van der Waals surface area contributed by atoms with Gasteiger partial charge in [-0.3, -0.25) is 0 Å². The summed E-state index contributed by atoms with van der Waals surface area (Å²) < 4.78 is 25.1. The van der Waals surface area contributed by atoms with Crippen LogP contribution in [-0.2, 0) is 11.2 Å². The van der Waals surface area contributed by atoms with E-state index in [9.17, 15) is 4.39 Å². The van der Waals surface area contributed by atoms with Crippen molar-refractivity contribution >= 4 is 0 Å². The van der Waals surface area contributed by atoms with Crippen LogP contribution >= 0.6 is 0 Å². The molecular formula is C17H26FNO2. The zero-order valence-electron chi connectivity index (χ0n) is 13.2. The van der Waals surface area contributed by atoms with E-state index in [0.717, 1.165) is 26.0 Å². The van der Waals surface area contributed by atoms with Crippen LogP contribution in [0.2, 0.25) is 0 Å². The smallest absolute Gasteiger partial charge is 0.168 e. The molecule has 3 atom stereocenters. The third-order valence-corrected chi connectivity index (χ3v) is 4.31. The Hall–Kier alpha value is -1.13. The van der Waals surface area contributed by atoms with Crippen LogP contribution in [0.15, 0.2) is 18.2 Å². The molecule has 1 aliphatic heterocycles. The number of nitrogens with one attached hydrogen (secondary N) is 1. The van der Waals surface area contributed by atoms with Gasteiger partial charge in [-0.25, -0.2) is 4.39 Å². The molecule has 0 amide bonds. The number of methoxy groups -OCH3 is 1. The molecule has 21 heavy (non-hydrogen) atoms. The molecule has 0 bridgehead atoms. The van der Waals surface area contributed by atoms with Crippen LogP contribution in [-0.4, -0.2) is 32.4 Å². The number of hydrogen-bond acceptors (Lipinski definition) is 3. The summed E-state index contributed by atoms with van der Waals surface area (Å²) in [5, 5.41) is 3.57. The Morgan fingerprint density at radius 2 is 2.29 bits per heavy atom. The van der Waals surface area contributed by atoms with Gasteiger partial charge in [-0.2, -0.15) is 0 Å². The highest BCUT2D eigenvalue weighted by atomic mass is 19.1. The van der Waals surface area contributed by atoms with E-state index in [4.69, 9.17) is 9.47 Å². The summed E-state index contributed by atoms with van der Waals surface area (Å²) in [5.74, 6) is 0.509. The van der Waals surface area contributed by atoms with Crippen LogP contribution in [0.5, 0.6) is 5.75 Å². The quantitative estimate of drug-likeness (QED) is 0.838. The Morgan fingerprint density at radius 1 is 1.48 bits per heavy atom. The van der Waals surface area contributed by atoms with E-state index >= 15 is 0 Å². The normalized spacial score (nSPS) is 23.2. The molecule has 1 saturated heterocycles. The lowest BCUT2D eigenvalue weighted by molar-refractivity contribution is 0.0952. The highest BCUT2D eigenvalue weighted by molar-refractivity contribution is 5.31. The summed E-state index contributed by atoms with van der Waals surface area (Å²) in [7, 11) is 1.50. The van der Waals surface area contributed by atoms with Crippen LogP contribution < -0.4 is 10.1 Å². The minimum Gasteiger partial charge on any atom is -0.494 e. The molecule has 1 N–H and O–H groups in total. The average molecular weight is 295 g/mol. The minimum atomic E-state index is -0.241. The van der Waals surface area contributed by atoms with E-state index in [-0.39, 0.29) is 18.0 Å². The fourth-order valence-electron chi connectivity index (χ4n) is 3.09. The van der Waals surface area contributed by atoms with E-state index in [1.54, 1.807) is 6.07 Å². The van der Waals surface area contributed by atoms with E-state index in [1.807, 2.05) is 12.1 Å². The molecule has 118 valence electrons. The zero-order valence-corrected chi connectivity index (χ0v) is 13.2. The molecule has 0 aliphatic carbocycles. The zero-order chi connectivity index (χ0) is 15.2. The molecule has 1 aromatic carbocycles. The Labute approximate surface area is 126 Å². The molecular weight excluding hydrogens is 269 g/mol. The summed E-state index contributed by atoms with van der Waals surface area (Å²) in [4.78, 5) is 0. The Morgan fingerprint density at radius 3 is 2.90 bits per heavy atom. The van der Waals surface area contributed by atoms with Crippen molar-refractivity contribution in [1.82, 2.24) is 5.32 Å². The molecule has 0 aromatic heterocycles. The molecule has 2 rings (SSSR count). The number of hydrogen-bond donors (Lipinski definition) is 1. The maximum Gasteiger partial charge on any atom is 0.168 e. The summed E-state index contributed by atoms with van der Waals surface area (Å²) >= 11 is 0. The van der Waals surface area contributed by atoms with Gasteiger partial charge < -0.3 is 14.8 Å². The number of ether oxygens (including phenoxy) is 2. The van der Waals surface area contributed by atoms with Crippen molar-refractivity contribution in [3.63, 3.8) is 0 Å². The standard InChI is InChI=1S/C17H26FNO2/c1-4-9-19-15(14-8-10-21-12(14)2)11-13-6-5-7-16(20-3)17(13)18/h5-7,12,14-15,19H,4,8-11H2,1-3H3. The fourth-order valence-corrected chi connectivity index (χ4v) is 3.09. The Bertz CT molecular complexity index is 452. The van der Waals surface area contributed by atoms with E-state index in [1.165, 1.54) is 7.11 Å².